The third-order valence-electron chi connectivity index (χ3n) is 3.99. The van der Waals surface area contributed by atoms with Gasteiger partial charge in [-0.2, -0.15) is 0 Å². The predicted octanol–water partition coefficient (Wildman–Crippen LogP) is 3.92. The maximum atomic E-state index is 14.0. The Hall–Kier alpha value is -2.50. The van der Waals surface area contributed by atoms with E-state index in [4.69, 9.17) is 0 Å². The van der Waals surface area contributed by atoms with Crippen molar-refractivity contribution in [2.45, 2.75) is 12.6 Å². The van der Waals surface area contributed by atoms with E-state index in [0.29, 0.717) is 17.7 Å². The molecule has 112 valence electrons. The fraction of sp³-hybridized carbons (Fsp3) is 0.125. The Kier molecular flexibility index (Phi) is 2.69. The molecule has 0 spiro atoms. The lowest BCUT2D eigenvalue weighted by Crippen LogP contribution is -2.36. The summed E-state index contributed by atoms with van der Waals surface area (Å²) in [5, 5.41) is 0. The molecule has 0 fully saturated rings. The van der Waals surface area contributed by atoms with Gasteiger partial charge in [0.25, 0.3) is 0 Å². The van der Waals surface area contributed by atoms with Crippen molar-refractivity contribution in [1.29, 1.82) is 0 Å². The summed E-state index contributed by atoms with van der Waals surface area (Å²) < 4.78 is 54.3. The van der Waals surface area contributed by atoms with Crippen molar-refractivity contribution >= 4 is 11.4 Å². The number of hydrogen-bond acceptors (Lipinski definition) is 2. The highest BCUT2D eigenvalue weighted by Gasteiger charge is 2.38. The molecule has 0 aromatic heterocycles. The summed E-state index contributed by atoms with van der Waals surface area (Å²) in [5.74, 6) is -2.65. The van der Waals surface area contributed by atoms with Gasteiger partial charge in [0, 0.05) is 31.0 Å². The van der Waals surface area contributed by atoms with Gasteiger partial charge in [-0.3, -0.25) is 0 Å². The summed E-state index contributed by atoms with van der Waals surface area (Å²) in [6.45, 7) is 0. The average Bonchev–Trinajstić information content (AvgIpc) is 2.97. The van der Waals surface area contributed by atoms with Gasteiger partial charge >= 0.3 is 0 Å². The van der Waals surface area contributed by atoms with Crippen LogP contribution < -0.4 is 9.80 Å². The Balaban J connectivity index is 1.75. The lowest BCUT2D eigenvalue weighted by molar-refractivity contribution is 0.576. The zero-order valence-corrected chi connectivity index (χ0v) is 11.2. The minimum absolute atomic E-state index is 0.193. The molecule has 2 nitrogen and oxygen atoms in total. The molecule has 2 aliphatic heterocycles. The first kappa shape index (κ1) is 13.2. The molecule has 0 saturated heterocycles. The number of fused-ring (bicyclic) bond motifs is 3. The van der Waals surface area contributed by atoms with E-state index in [2.05, 4.69) is 0 Å². The first-order valence-corrected chi connectivity index (χ1v) is 6.72. The Morgan fingerprint density at radius 1 is 0.818 bits per heavy atom. The molecule has 2 aliphatic rings. The number of halogens is 4. The first-order valence-electron chi connectivity index (χ1n) is 6.72. The Morgan fingerprint density at radius 3 is 2.32 bits per heavy atom. The van der Waals surface area contributed by atoms with Crippen molar-refractivity contribution in [3.8, 4) is 0 Å². The second kappa shape index (κ2) is 4.50. The van der Waals surface area contributed by atoms with Gasteiger partial charge in [0.05, 0.1) is 11.4 Å². The highest BCUT2D eigenvalue weighted by Crippen LogP contribution is 2.41. The fourth-order valence-corrected chi connectivity index (χ4v) is 3.09. The molecule has 22 heavy (non-hydrogen) atoms. The van der Waals surface area contributed by atoms with E-state index >= 15 is 0 Å². The van der Waals surface area contributed by atoms with Crippen molar-refractivity contribution in [2.24, 2.45) is 0 Å². The zero-order chi connectivity index (χ0) is 15.4. The van der Waals surface area contributed by atoms with Crippen LogP contribution in [-0.2, 0) is 6.42 Å². The first-order chi connectivity index (χ1) is 10.5. The van der Waals surface area contributed by atoms with Crippen molar-refractivity contribution in [1.82, 2.24) is 0 Å². The second-order valence-corrected chi connectivity index (χ2v) is 5.29. The van der Waals surface area contributed by atoms with Gasteiger partial charge in [-0.25, -0.2) is 17.6 Å². The van der Waals surface area contributed by atoms with E-state index in [0.717, 1.165) is 18.2 Å². The molecule has 0 saturated carbocycles. The van der Waals surface area contributed by atoms with Crippen LogP contribution in [0.25, 0.3) is 0 Å². The summed E-state index contributed by atoms with van der Waals surface area (Å²) in [5.41, 5.74) is 1.02. The van der Waals surface area contributed by atoms with Crippen LogP contribution in [0.15, 0.2) is 42.7 Å². The molecule has 1 atom stereocenters. The van der Waals surface area contributed by atoms with E-state index in [1.54, 1.807) is 22.2 Å². The molecule has 0 aliphatic carbocycles. The van der Waals surface area contributed by atoms with Gasteiger partial charge in [-0.1, -0.05) is 0 Å². The summed E-state index contributed by atoms with van der Waals surface area (Å²) in [7, 11) is 0. The Labute approximate surface area is 123 Å². The van der Waals surface area contributed by atoms with Crippen molar-refractivity contribution in [3.05, 3.63) is 71.6 Å². The van der Waals surface area contributed by atoms with E-state index in [-0.39, 0.29) is 11.9 Å². The van der Waals surface area contributed by atoms with Crippen LogP contribution in [-0.4, -0.2) is 6.17 Å². The second-order valence-electron chi connectivity index (χ2n) is 5.29. The van der Waals surface area contributed by atoms with E-state index in [9.17, 15) is 17.6 Å². The highest BCUT2D eigenvalue weighted by molar-refractivity contribution is 5.69. The molecule has 2 aromatic carbocycles. The summed E-state index contributed by atoms with van der Waals surface area (Å²) in [4.78, 5) is 3.22. The third-order valence-corrected chi connectivity index (χ3v) is 3.99. The molecular formula is C16H10F4N2. The molecule has 2 heterocycles. The highest BCUT2D eigenvalue weighted by atomic mass is 19.1. The van der Waals surface area contributed by atoms with Crippen LogP contribution >= 0.6 is 0 Å². The van der Waals surface area contributed by atoms with Crippen molar-refractivity contribution in [2.75, 3.05) is 9.80 Å². The smallest absolute Gasteiger partial charge is 0.150 e. The lowest BCUT2D eigenvalue weighted by atomic mass is 10.1. The predicted molar refractivity (Wildman–Crippen MR) is 74.3 cm³/mol. The average molecular weight is 306 g/mol. The molecule has 2 aromatic rings. The van der Waals surface area contributed by atoms with E-state index in [1.807, 2.05) is 0 Å². The molecule has 0 radical (unpaired) electrons. The number of nitrogens with zero attached hydrogens (tertiary/aromatic N) is 2. The van der Waals surface area contributed by atoms with E-state index in [1.165, 1.54) is 12.1 Å². The van der Waals surface area contributed by atoms with Gasteiger partial charge in [0.2, 0.25) is 0 Å². The van der Waals surface area contributed by atoms with Crippen LogP contribution in [0.4, 0.5) is 28.9 Å². The number of rotatable bonds is 1. The summed E-state index contributed by atoms with van der Waals surface area (Å²) >= 11 is 0. The lowest BCUT2D eigenvalue weighted by Gasteiger charge is -2.27. The van der Waals surface area contributed by atoms with Crippen molar-refractivity contribution in [3.63, 3.8) is 0 Å². The number of benzene rings is 2. The maximum absolute atomic E-state index is 14.0. The normalized spacial score (nSPS) is 18.8. The Morgan fingerprint density at radius 2 is 1.55 bits per heavy atom. The SMILES string of the molecule is Fc1ccc(N2C=CN3c4c(F)cc(F)cc4CC23)c(F)c1. The van der Waals surface area contributed by atoms with Gasteiger partial charge < -0.3 is 9.80 Å². The number of anilines is 2. The molecule has 1 unspecified atom stereocenters. The molecule has 0 N–H and O–H groups in total. The molecule has 0 bridgehead atoms. The quantitative estimate of drug-likeness (QED) is 0.737. The van der Waals surface area contributed by atoms with Gasteiger partial charge in [-0.05, 0) is 23.8 Å². The monoisotopic (exact) mass is 306 g/mol. The molecular weight excluding hydrogens is 296 g/mol. The van der Waals surface area contributed by atoms with Crippen LogP contribution in [0.2, 0.25) is 0 Å². The summed E-state index contributed by atoms with van der Waals surface area (Å²) in [6, 6.07) is 5.41. The minimum Gasteiger partial charge on any atom is -0.322 e. The van der Waals surface area contributed by atoms with Crippen LogP contribution in [0.5, 0.6) is 0 Å². The third kappa shape index (κ3) is 1.80. The number of hydrogen-bond donors (Lipinski definition) is 0. The van der Waals surface area contributed by atoms with E-state index < -0.39 is 23.3 Å². The fourth-order valence-electron chi connectivity index (χ4n) is 3.09. The van der Waals surface area contributed by atoms with Crippen LogP contribution in [0, 0.1) is 23.3 Å². The van der Waals surface area contributed by atoms with Crippen LogP contribution in [0.1, 0.15) is 5.56 Å². The van der Waals surface area contributed by atoms with Gasteiger partial charge in [-0.15, -0.1) is 0 Å². The van der Waals surface area contributed by atoms with Gasteiger partial charge in [0.15, 0.2) is 0 Å². The Bertz CT molecular complexity index is 803. The molecule has 0 amide bonds. The topological polar surface area (TPSA) is 6.48 Å². The minimum atomic E-state index is -0.700. The standard InChI is InChI=1S/C16H10F4N2/c17-10-1-2-14(12(19)7-10)21-3-4-22-15(21)6-9-5-11(18)8-13(20)16(9)22/h1-5,7-8,15H,6H2. The maximum Gasteiger partial charge on any atom is 0.150 e. The van der Waals surface area contributed by atoms with Crippen molar-refractivity contribution < 1.29 is 17.6 Å². The van der Waals surface area contributed by atoms with Crippen LogP contribution in [0.3, 0.4) is 0 Å². The summed E-state index contributed by atoms with van der Waals surface area (Å²) in [6.07, 6.45) is 3.17. The molecule has 6 heteroatoms. The van der Waals surface area contributed by atoms with Gasteiger partial charge in [0.1, 0.15) is 29.4 Å². The molecule has 4 rings (SSSR count). The largest absolute Gasteiger partial charge is 0.322 e. The zero-order valence-electron chi connectivity index (χ0n) is 11.2.